The van der Waals surface area contributed by atoms with Gasteiger partial charge in [0.1, 0.15) is 5.75 Å². The summed E-state index contributed by atoms with van der Waals surface area (Å²) in [5.74, 6) is 0.404. The average molecular weight is 207 g/mol. The van der Waals surface area contributed by atoms with Crippen LogP contribution >= 0.6 is 0 Å². The van der Waals surface area contributed by atoms with Crippen LogP contribution in [-0.2, 0) is 11.3 Å². The molecule has 0 saturated carbocycles. The second kappa shape index (κ2) is 4.64. The molecule has 0 atom stereocenters. The molecule has 0 aromatic heterocycles. The highest BCUT2D eigenvalue weighted by atomic mass is 16.5. The fourth-order valence-electron chi connectivity index (χ4n) is 1.81. The molecule has 1 aromatic carbocycles. The first-order chi connectivity index (χ1) is 7.25. The van der Waals surface area contributed by atoms with Crippen molar-refractivity contribution in [1.29, 1.82) is 0 Å². The molecule has 1 saturated heterocycles. The minimum Gasteiger partial charge on any atom is -0.508 e. The Hall–Kier alpha value is -1.06. The fourth-order valence-corrected chi connectivity index (χ4v) is 1.81. The van der Waals surface area contributed by atoms with Gasteiger partial charge < -0.3 is 9.84 Å². The van der Waals surface area contributed by atoms with Crippen LogP contribution in [0.5, 0.6) is 5.75 Å². The van der Waals surface area contributed by atoms with E-state index >= 15 is 0 Å². The van der Waals surface area contributed by atoms with E-state index in [1.54, 1.807) is 0 Å². The number of phenolic OH excluding ortho intramolecular Hbond substituents is 1. The van der Waals surface area contributed by atoms with Crippen LogP contribution in [0.1, 0.15) is 11.1 Å². The van der Waals surface area contributed by atoms with Crippen LogP contribution in [0.25, 0.3) is 0 Å². The smallest absolute Gasteiger partial charge is 0.120 e. The van der Waals surface area contributed by atoms with Gasteiger partial charge in [-0.3, -0.25) is 4.90 Å². The quantitative estimate of drug-likeness (QED) is 0.798. The number of benzene rings is 1. The second-order valence-electron chi connectivity index (χ2n) is 4.02. The van der Waals surface area contributed by atoms with E-state index in [2.05, 4.69) is 4.90 Å². The van der Waals surface area contributed by atoms with E-state index in [9.17, 15) is 5.11 Å². The minimum absolute atomic E-state index is 0.404. The van der Waals surface area contributed by atoms with Crippen molar-refractivity contribution in [2.24, 2.45) is 0 Å². The summed E-state index contributed by atoms with van der Waals surface area (Å²) in [6.07, 6.45) is 0. The van der Waals surface area contributed by atoms with Gasteiger partial charge in [-0.15, -0.1) is 0 Å². The second-order valence-corrected chi connectivity index (χ2v) is 4.02. The number of aryl methyl sites for hydroxylation is 1. The topological polar surface area (TPSA) is 32.7 Å². The molecule has 1 aromatic rings. The molecule has 82 valence electrons. The maximum absolute atomic E-state index is 9.76. The maximum Gasteiger partial charge on any atom is 0.120 e. The van der Waals surface area contributed by atoms with Crippen molar-refractivity contribution in [3.63, 3.8) is 0 Å². The van der Waals surface area contributed by atoms with Crippen LogP contribution in [0.15, 0.2) is 18.2 Å². The van der Waals surface area contributed by atoms with Crippen LogP contribution < -0.4 is 0 Å². The highest BCUT2D eigenvalue weighted by Gasteiger charge is 2.12. The Labute approximate surface area is 90.3 Å². The van der Waals surface area contributed by atoms with E-state index in [1.807, 2.05) is 25.1 Å². The van der Waals surface area contributed by atoms with Crippen LogP contribution in [0.4, 0.5) is 0 Å². The van der Waals surface area contributed by atoms with Gasteiger partial charge in [0, 0.05) is 25.2 Å². The van der Waals surface area contributed by atoms with E-state index in [0.29, 0.717) is 5.75 Å². The summed E-state index contributed by atoms with van der Waals surface area (Å²) in [6, 6.07) is 5.85. The lowest BCUT2D eigenvalue weighted by atomic mass is 10.1. The first kappa shape index (κ1) is 10.5. The largest absolute Gasteiger partial charge is 0.508 e. The summed E-state index contributed by atoms with van der Waals surface area (Å²) < 4.78 is 5.28. The number of rotatable bonds is 2. The predicted octanol–water partition coefficient (Wildman–Crippen LogP) is 1.53. The Morgan fingerprint density at radius 3 is 2.73 bits per heavy atom. The molecule has 3 nitrogen and oxygen atoms in total. The number of nitrogens with zero attached hydrogens (tertiary/aromatic N) is 1. The molecular weight excluding hydrogens is 190 g/mol. The third kappa shape index (κ3) is 2.70. The van der Waals surface area contributed by atoms with Gasteiger partial charge in [0.05, 0.1) is 13.2 Å². The number of hydrogen-bond acceptors (Lipinski definition) is 3. The van der Waals surface area contributed by atoms with Gasteiger partial charge in [-0.1, -0.05) is 12.1 Å². The zero-order chi connectivity index (χ0) is 10.7. The molecule has 0 spiro atoms. The molecule has 3 heteroatoms. The minimum atomic E-state index is 0.404. The van der Waals surface area contributed by atoms with Crippen LogP contribution in [0.2, 0.25) is 0 Å². The lowest BCUT2D eigenvalue weighted by Gasteiger charge is -2.26. The van der Waals surface area contributed by atoms with Crippen molar-refractivity contribution < 1.29 is 9.84 Å². The lowest BCUT2D eigenvalue weighted by molar-refractivity contribution is 0.0339. The number of morpholine rings is 1. The molecule has 15 heavy (non-hydrogen) atoms. The standard InChI is InChI=1S/C12H17NO2/c1-10-2-3-11(12(14)8-10)9-13-4-6-15-7-5-13/h2-3,8,14H,4-7,9H2,1H3. The third-order valence-corrected chi connectivity index (χ3v) is 2.74. The summed E-state index contributed by atoms with van der Waals surface area (Å²) in [6.45, 7) is 6.30. The normalized spacial score (nSPS) is 17.9. The Kier molecular flexibility index (Phi) is 3.23. The Morgan fingerprint density at radius 2 is 2.07 bits per heavy atom. The van der Waals surface area contributed by atoms with E-state index in [1.165, 1.54) is 0 Å². The molecule has 1 N–H and O–H groups in total. The van der Waals surface area contributed by atoms with E-state index in [4.69, 9.17) is 4.74 Å². The number of aromatic hydroxyl groups is 1. The predicted molar refractivity (Wildman–Crippen MR) is 58.9 cm³/mol. The summed E-state index contributed by atoms with van der Waals surface area (Å²) >= 11 is 0. The molecular formula is C12H17NO2. The van der Waals surface area contributed by atoms with Crippen molar-refractivity contribution in [1.82, 2.24) is 4.90 Å². The third-order valence-electron chi connectivity index (χ3n) is 2.74. The van der Waals surface area contributed by atoms with Gasteiger partial charge in [-0.05, 0) is 18.6 Å². The van der Waals surface area contributed by atoms with Gasteiger partial charge in [0.2, 0.25) is 0 Å². The van der Waals surface area contributed by atoms with Crippen molar-refractivity contribution in [3.8, 4) is 5.75 Å². The monoisotopic (exact) mass is 207 g/mol. The number of ether oxygens (including phenoxy) is 1. The summed E-state index contributed by atoms with van der Waals surface area (Å²) in [4.78, 5) is 2.30. The van der Waals surface area contributed by atoms with Crippen LogP contribution in [0, 0.1) is 6.92 Å². The van der Waals surface area contributed by atoms with E-state index < -0.39 is 0 Å². The molecule has 1 aliphatic rings. The Bertz CT molecular complexity index is 332. The van der Waals surface area contributed by atoms with E-state index in [-0.39, 0.29) is 0 Å². The van der Waals surface area contributed by atoms with Crippen molar-refractivity contribution >= 4 is 0 Å². The summed E-state index contributed by atoms with van der Waals surface area (Å²) in [7, 11) is 0. The Balaban J connectivity index is 2.03. The fraction of sp³-hybridized carbons (Fsp3) is 0.500. The van der Waals surface area contributed by atoms with Gasteiger partial charge in [-0.25, -0.2) is 0 Å². The molecule has 2 rings (SSSR count). The van der Waals surface area contributed by atoms with Crippen molar-refractivity contribution in [2.75, 3.05) is 26.3 Å². The van der Waals surface area contributed by atoms with Crippen molar-refractivity contribution in [2.45, 2.75) is 13.5 Å². The molecule has 1 heterocycles. The zero-order valence-electron chi connectivity index (χ0n) is 9.07. The van der Waals surface area contributed by atoms with Gasteiger partial charge >= 0.3 is 0 Å². The molecule has 0 aliphatic carbocycles. The van der Waals surface area contributed by atoms with Crippen LogP contribution in [0.3, 0.4) is 0 Å². The Morgan fingerprint density at radius 1 is 1.33 bits per heavy atom. The number of phenols is 1. The molecule has 0 amide bonds. The molecule has 0 radical (unpaired) electrons. The molecule has 1 aliphatic heterocycles. The lowest BCUT2D eigenvalue weighted by Crippen LogP contribution is -2.35. The average Bonchev–Trinajstić information content (AvgIpc) is 2.24. The summed E-state index contributed by atoms with van der Waals surface area (Å²) in [5, 5.41) is 9.76. The van der Waals surface area contributed by atoms with Gasteiger partial charge in [-0.2, -0.15) is 0 Å². The SMILES string of the molecule is Cc1ccc(CN2CCOCC2)c(O)c1. The highest BCUT2D eigenvalue weighted by Crippen LogP contribution is 2.20. The van der Waals surface area contributed by atoms with Crippen molar-refractivity contribution in [3.05, 3.63) is 29.3 Å². The number of hydrogen-bond donors (Lipinski definition) is 1. The summed E-state index contributed by atoms with van der Waals surface area (Å²) in [5.41, 5.74) is 2.10. The molecule has 0 bridgehead atoms. The van der Waals surface area contributed by atoms with E-state index in [0.717, 1.165) is 44.0 Å². The molecule has 0 unspecified atom stereocenters. The highest BCUT2D eigenvalue weighted by molar-refractivity contribution is 5.35. The zero-order valence-corrected chi connectivity index (χ0v) is 9.07. The first-order valence-corrected chi connectivity index (χ1v) is 5.34. The van der Waals surface area contributed by atoms with Gasteiger partial charge in [0.25, 0.3) is 0 Å². The van der Waals surface area contributed by atoms with Gasteiger partial charge in [0.15, 0.2) is 0 Å². The first-order valence-electron chi connectivity index (χ1n) is 5.34. The molecule has 1 fully saturated rings. The van der Waals surface area contributed by atoms with Crippen LogP contribution in [-0.4, -0.2) is 36.3 Å². The maximum atomic E-state index is 9.76.